The molecule has 0 aliphatic carbocycles. The number of hydrogen-bond donors (Lipinski definition) is 2. The maximum absolute atomic E-state index is 13.9. The zero-order valence-electron chi connectivity index (χ0n) is 14.9. The van der Waals surface area contributed by atoms with Crippen LogP contribution in [0.1, 0.15) is 41.4 Å². The van der Waals surface area contributed by atoms with Gasteiger partial charge in [0.05, 0.1) is 12.2 Å². The summed E-state index contributed by atoms with van der Waals surface area (Å²) < 4.78 is 28.6. The van der Waals surface area contributed by atoms with E-state index in [1.807, 2.05) is 0 Å². The van der Waals surface area contributed by atoms with Gasteiger partial charge in [0, 0.05) is 37.9 Å². The van der Waals surface area contributed by atoms with Crippen molar-refractivity contribution in [1.29, 1.82) is 0 Å². The van der Waals surface area contributed by atoms with E-state index in [1.54, 1.807) is 10.9 Å². The molecule has 0 bridgehead atoms. The van der Waals surface area contributed by atoms with Crippen molar-refractivity contribution in [1.82, 2.24) is 25.2 Å². The van der Waals surface area contributed by atoms with Crippen molar-refractivity contribution in [2.24, 2.45) is 0 Å². The molecule has 1 atom stereocenters. The highest BCUT2D eigenvalue weighted by atomic mass is 19.1. The fourth-order valence-corrected chi connectivity index (χ4v) is 3.21. The summed E-state index contributed by atoms with van der Waals surface area (Å²) in [7, 11) is 0. The Bertz CT molecular complexity index is 783. The van der Waals surface area contributed by atoms with E-state index in [-0.39, 0.29) is 24.2 Å². The third-order valence-electron chi connectivity index (χ3n) is 4.63. The Morgan fingerprint density at radius 3 is 3.00 bits per heavy atom. The number of halogens is 2. The van der Waals surface area contributed by atoms with Gasteiger partial charge in [0.1, 0.15) is 11.6 Å². The van der Waals surface area contributed by atoms with Crippen LogP contribution >= 0.6 is 0 Å². The number of nitrogens with zero attached hydrogens (tertiary/aromatic N) is 4. The summed E-state index contributed by atoms with van der Waals surface area (Å²) in [5.74, 6) is -1.45. The minimum atomic E-state index is -0.583. The van der Waals surface area contributed by atoms with Gasteiger partial charge >= 0.3 is 0 Å². The standard InChI is InChI=1S/C18H23F2N5O2/c19-14-5-4-13(16(20)9-14)10-24-7-1-3-15(11-24)25-12-17(22-23-25)18(27)21-6-2-8-26/h4-5,9,12,15,26H,1-3,6-8,10-11H2,(H,21,27). The molecule has 2 aromatic rings. The third kappa shape index (κ3) is 5.08. The van der Waals surface area contributed by atoms with Crippen molar-refractivity contribution < 1.29 is 18.7 Å². The number of nitrogens with one attached hydrogen (secondary N) is 1. The molecule has 1 saturated heterocycles. The molecule has 3 rings (SSSR count). The van der Waals surface area contributed by atoms with E-state index in [9.17, 15) is 13.6 Å². The van der Waals surface area contributed by atoms with Crippen LogP contribution in [-0.4, -0.2) is 57.1 Å². The Hall–Kier alpha value is -2.39. The molecule has 27 heavy (non-hydrogen) atoms. The number of rotatable bonds is 7. The molecular weight excluding hydrogens is 356 g/mol. The highest BCUT2D eigenvalue weighted by molar-refractivity contribution is 5.91. The first-order chi connectivity index (χ1) is 13.1. The minimum Gasteiger partial charge on any atom is -0.396 e. The topological polar surface area (TPSA) is 83.3 Å². The van der Waals surface area contributed by atoms with Gasteiger partial charge in [0.25, 0.3) is 5.91 Å². The Morgan fingerprint density at radius 2 is 2.22 bits per heavy atom. The molecule has 2 heterocycles. The number of amides is 1. The van der Waals surface area contributed by atoms with Crippen LogP contribution in [0.15, 0.2) is 24.4 Å². The highest BCUT2D eigenvalue weighted by Crippen LogP contribution is 2.23. The molecule has 1 fully saturated rings. The molecule has 9 heteroatoms. The lowest BCUT2D eigenvalue weighted by molar-refractivity contribution is 0.0946. The average molecular weight is 379 g/mol. The van der Waals surface area contributed by atoms with Gasteiger partial charge in [-0.1, -0.05) is 11.3 Å². The van der Waals surface area contributed by atoms with Crippen molar-refractivity contribution in [3.05, 3.63) is 47.3 Å². The van der Waals surface area contributed by atoms with E-state index in [2.05, 4.69) is 20.5 Å². The van der Waals surface area contributed by atoms with Crippen LogP contribution in [0.4, 0.5) is 8.78 Å². The zero-order valence-corrected chi connectivity index (χ0v) is 14.9. The van der Waals surface area contributed by atoms with Gasteiger partial charge in [-0.05, 0) is 31.9 Å². The van der Waals surface area contributed by atoms with E-state index in [0.717, 1.165) is 25.5 Å². The number of aliphatic hydroxyl groups is 1. The summed E-state index contributed by atoms with van der Waals surface area (Å²) in [4.78, 5) is 14.1. The van der Waals surface area contributed by atoms with Crippen molar-refractivity contribution in [3.63, 3.8) is 0 Å². The monoisotopic (exact) mass is 379 g/mol. The third-order valence-corrected chi connectivity index (χ3v) is 4.63. The summed E-state index contributed by atoms with van der Waals surface area (Å²) in [6.07, 6.45) is 3.89. The molecule has 1 aliphatic rings. The van der Waals surface area contributed by atoms with Gasteiger partial charge in [-0.3, -0.25) is 9.69 Å². The molecule has 2 N–H and O–H groups in total. The van der Waals surface area contributed by atoms with Gasteiger partial charge in [0.15, 0.2) is 5.69 Å². The van der Waals surface area contributed by atoms with Crippen molar-refractivity contribution in [3.8, 4) is 0 Å². The van der Waals surface area contributed by atoms with Crippen LogP contribution in [0.2, 0.25) is 0 Å². The number of carbonyl (C=O) groups is 1. The number of likely N-dealkylation sites (tertiary alicyclic amines) is 1. The number of hydrogen-bond acceptors (Lipinski definition) is 5. The van der Waals surface area contributed by atoms with Crippen molar-refractivity contribution >= 4 is 5.91 Å². The number of aliphatic hydroxyl groups excluding tert-OH is 1. The fraction of sp³-hybridized carbons (Fsp3) is 0.500. The SMILES string of the molecule is O=C(NCCCO)c1cn(C2CCCN(Cc3ccc(F)cc3F)C2)nn1. The summed E-state index contributed by atoms with van der Waals surface area (Å²) in [5, 5.41) is 19.4. The number of benzene rings is 1. The van der Waals surface area contributed by atoms with Gasteiger partial charge < -0.3 is 10.4 Å². The van der Waals surface area contributed by atoms with Crippen LogP contribution in [0.25, 0.3) is 0 Å². The molecule has 1 amide bonds. The largest absolute Gasteiger partial charge is 0.396 e. The lowest BCUT2D eigenvalue weighted by atomic mass is 10.0. The van der Waals surface area contributed by atoms with E-state index in [1.165, 1.54) is 12.1 Å². The van der Waals surface area contributed by atoms with E-state index in [4.69, 9.17) is 5.11 Å². The van der Waals surface area contributed by atoms with E-state index >= 15 is 0 Å². The molecule has 0 spiro atoms. The second-order valence-electron chi connectivity index (χ2n) is 6.68. The molecule has 146 valence electrons. The van der Waals surface area contributed by atoms with Crippen LogP contribution < -0.4 is 5.32 Å². The smallest absolute Gasteiger partial charge is 0.273 e. The first-order valence-corrected chi connectivity index (χ1v) is 9.04. The quantitative estimate of drug-likeness (QED) is 0.713. The zero-order chi connectivity index (χ0) is 19.2. The van der Waals surface area contributed by atoms with Crippen LogP contribution in [0.5, 0.6) is 0 Å². The Kier molecular flexibility index (Phi) is 6.46. The minimum absolute atomic E-state index is 0.0134. The van der Waals surface area contributed by atoms with Gasteiger partial charge in [-0.2, -0.15) is 0 Å². The molecule has 7 nitrogen and oxygen atoms in total. The normalized spacial score (nSPS) is 17.8. The molecule has 0 radical (unpaired) electrons. The lowest BCUT2D eigenvalue weighted by Gasteiger charge is -2.32. The maximum atomic E-state index is 13.9. The number of aromatic nitrogens is 3. The van der Waals surface area contributed by atoms with E-state index in [0.29, 0.717) is 31.6 Å². The fourth-order valence-electron chi connectivity index (χ4n) is 3.21. The number of carbonyl (C=O) groups excluding carboxylic acids is 1. The summed E-state index contributed by atoms with van der Waals surface area (Å²) in [6.45, 7) is 2.25. The average Bonchev–Trinajstić information content (AvgIpc) is 3.15. The van der Waals surface area contributed by atoms with Crippen LogP contribution in [0, 0.1) is 11.6 Å². The van der Waals surface area contributed by atoms with Crippen LogP contribution in [-0.2, 0) is 6.54 Å². The summed E-state index contributed by atoms with van der Waals surface area (Å²) in [5.41, 5.74) is 0.689. The summed E-state index contributed by atoms with van der Waals surface area (Å²) in [6, 6.07) is 3.67. The van der Waals surface area contributed by atoms with Crippen molar-refractivity contribution in [2.45, 2.75) is 31.8 Å². The second kappa shape index (κ2) is 9.01. The Balaban J connectivity index is 1.60. The van der Waals surface area contributed by atoms with Gasteiger partial charge in [-0.25, -0.2) is 13.5 Å². The van der Waals surface area contributed by atoms with Gasteiger partial charge in [0.2, 0.25) is 0 Å². The Labute approximate surface area is 156 Å². The van der Waals surface area contributed by atoms with Crippen LogP contribution in [0.3, 0.4) is 0 Å². The molecular formula is C18H23F2N5O2. The molecule has 1 aromatic carbocycles. The predicted molar refractivity (Wildman–Crippen MR) is 94.0 cm³/mol. The molecule has 1 aliphatic heterocycles. The predicted octanol–water partition coefficient (Wildman–Crippen LogP) is 1.51. The summed E-state index contributed by atoms with van der Waals surface area (Å²) >= 11 is 0. The second-order valence-corrected chi connectivity index (χ2v) is 6.68. The first-order valence-electron chi connectivity index (χ1n) is 9.04. The lowest BCUT2D eigenvalue weighted by Crippen LogP contribution is -2.36. The van der Waals surface area contributed by atoms with E-state index < -0.39 is 11.6 Å². The maximum Gasteiger partial charge on any atom is 0.273 e. The molecule has 0 saturated carbocycles. The first kappa shape index (κ1) is 19.4. The van der Waals surface area contributed by atoms with Gasteiger partial charge in [-0.15, -0.1) is 5.10 Å². The number of piperidine rings is 1. The highest BCUT2D eigenvalue weighted by Gasteiger charge is 2.24. The Morgan fingerprint density at radius 1 is 1.37 bits per heavy atom. The molecule has 1 unspecified atom stereocenters. The van der Waals surface area contributed by atoms with Crippen molar-refractivity contribution in [2.75, 3.05) is 26.2 Å². The molecule has 1 aromatic heterocycles.